The van der Waals surface area contributed by atoms with Gasteiger partial charge in [0.05, 0.1) is 13.2 Å². The number of fused-ring (bicyclic) bond motifs is 4. The number of nitrogens with zero attached hydrogens (tertiary/aromatic N) is 3. The van der Waals surface area contributed by atoms with Crippen LogP contribution in [0.15, 0.2) is 24.3 Å². The minimum Gasteiger partial charge on any atom is -0.444 e. The number of benzene rings is 1. The average molecular weight is 536 g/mol. The van der Waals surface area contributed by atoms with Crippen LogP contribution in [0.3, 0.4) is 0 Å². The summed E-state index contributed by atoms with van der Waals surface area (Å²) in [5.41, 5.74) is 2.92. The van der Waals surface area contributed by atoms with Gasteiger partial charge < -0.3 is 24.2 Å². The maximum Gasteiger partial charge on any atom is 0.410 e. The number of hydrogen-bond donors (Lipinski definition) is 0. The molecule has 7 rings (SSSR count). The van der Waals surface area contributed by atoms with Crippen molar-refractivity contribution in [1.29, 1.82) is 0 Å². The zero-order chi connectivity index (χ0) is 26.4. The molecule has 5 fully saturated rings. The average Bonchev–Trinajstić information content (AvgIpc) is 3.75. The van der Waals surface area contributed by atoms with Crippen LogP contribution in [-0.4, -0.2) is 83.8 Å². The molecule has 1 saturated carbocycles. The first-order valence-electron chi connectivity index (χ1n) is 15.8. The molecular weight excluding hydrogens is 490 g/mol. The van der Waals surface area contributed by atoms with Crippen molar-refractivity contribution in [3.05, 3.63) is 35.4 Å². The summed E-state index contributed by atoms with van der Waals surface area (Å²) < 4.78 is 11.4. The predicted octanol–water partition coefficient (Wildman–Crippen LogP) is 4.86. The molecule has 2 amide bonds. The lowest BCUT2D eigenvalue weighted by atomic mass is 9.68. The Bertz CT molecular complexity index is 1060. The molecule has 5 heterocycles. The molecule has 0 aromatic heterocycles. The monoisotopic (exact) mass is 535 g/mol. The lowest BCUT2D eigenvalue weighted by molar-refractivity contribution is -0.135. The second-order valence-electron chi connectivity index (χ2n) is 13.3. The van der Waals surface area contributed by atoms with E-state index >= 15 is 0 Å². The Hall–Kier alpha value is -2.12. The molecule has 4 saturated heterocycles. The lowest BCUT2D eigenvalue weighted by Crippen LogP contribution is -2.55. The van der Waals surface area contributed by atoms with Crippen molar-refractivity contribution in [2.45, 2.75) is 113 Å². The molecule has 2 bridgehead atoms. The number of ether oxygens (including phenoxy) is 2. The van der Waals surface area contributed by atoms with Gasteiger partial charge in [-0.3, -0.25) is 4.79 Å². The molecule has 6 aliphatic rings. The van der Waals surface area contributed by atoms with Crippen LogP contribution in [0.4, 0.5) is 4.79 Å². The van der Waals surface area contributed by atoms with Gasteiger partial charge in [-0.25, -0.2) is 4.79 Å². The molecule has 7 heteroatoms. The van der Waals surface area contributed by atoms with E-state index in [9.17, 15) is 9.59 Å². The summed E-state index contributed by atoms with van der Waals surface area (Å²) in [6.07, 6.45) is 12.9. The van der Waals surface area contributed by atoms with Crippen molar-refractivity contribution in [3.8, 4) is 0 Å². The van der Waals surface area contributed by atoms with E-state index in [1.165, 1.54) is 24.0 Å². The van der Waals surface area contributed by atoms with Crippen LogP contribution < -0.4 is 0 Å². The second-order valence-corrected chi connectivity index (χ2v) is 13.3. The SMILES string of the molecule is O=C(C1CC1)N1Cc2ccccc2C2(CCN(C3CCC4CCCCC(C3)N4C(=O)O[C@@H]3CCOC3)CC2)C1. The largest absolute Gasteiger partial charge is 0.444 e. The maximum atomic E-state index is 13.4. The molecule has 3 unspecified atom stereocenters. The Kier molecular flexibility index (Phi) is 7.08. The van der Waals surface area contributed by atoms with Gasteiger partial charge in [-0.15, -0.1) is 0 Å². The van der Waals surface area contributed by atoms with E-state index in [4.69, 9.17) is 9.47 Å². The Balaban J connectivity index is 1.05. The van der Waals surface area contributed by atoms with Crippen LogP contribution in [-0.2, 0) is 26.2 Å². The van der Waals surface area contributed by atoms with Crippen molar-refractivity contribution in [1.82, 2.24) is 14.7 Å². The Morgan fingerprint density at radius 2 is 1.67 bits per heavy atom. The molecule has 0 radical (unpaired) electrons. The van der Waals surface area contributed by atoms with Gasteiger partial charge in [0.1, 0.15) is 6.10 Å². The van der Waals surface area contributed by atoms with Crippen LogP contribution in [0.25, 0.3) is 0 Å². The summed E-state index contributed by atoms with van der Waals surface area (Å²) in [5, 5.41) is 0. The number of likely N-dealkylation sites (tertiary alicyclic amines) is 1. The first kappa shape index (κ1) is 25.8. The molecule has 1 aromatic rings. The quantitative estimate of drug-likeness (QED) is 0.553. The highest BCUT2D eigenvalue weighted by Crippen LogP contribution is 2.45. The number of carbonyl (C=O) groups is 2. The van der Waals surface area contributed by atoms with Gasteiger partial charge in [-0.05, 0) is 82.0 Å². The molecule has 0 N–H and O–H groups in total. The zero-order valence-corrected chi connectivity index (χ0v) is 23.4. The van der Waals surface area contributed by atoms with Gasteiger partial charge in [-0.2, -0.15) is 0 Å². The molecule has 1 aromatic carbocycles. The fourth-order valence-corrected chi connectivity index (χ4v) is 8.48. The van der Waals surface area contributed by atoms with E-state index in [2.05, 4.69) is 39.0 Å². The smallest absolute Gasteiger partial charge is 0.410 e. The maximum absolute atomic E-state index is 13.4. The van der Waals surface area contributed by atoms with E-state index in [1.54, 1.807) is 0 Å². The molecule has 212 valence electrons. The predicted molar refractivity (Wildman–Crippen MR) is 148 cm³/mol. The van der Waals surface area contributed by atoms with Crippen molar-refractivity contribution in [2.75, 3.05) is 32.8 Å². The molecule has 1 aliphatic carbocycles. The summed E-state index contributed by atoms with van der Waals surface area (Å²) in [4.78, 5) is 33.6. The van der Waals surface area contributed by atoms with Crippen LogP contribution >= 0.6 is 0 Å². The summed E-state index contributed by atoms with van der Waals surface area (Å²) in [7, 11) is 0. The van der Waals surface area contributed by atoms with E-state index in [-0.39, 0.29) is 29.6 Å². The highest BCUT2D eigenvalue weighted by atomic mass is 16.6. The summed E-state index contributed by atoms with van der Waals surface area (Å²) >= 11 is 0. The number of piperidine rings is 1. The first-order chi connectivity index (χ1) is 19.1. The van der Waals surface area contributed by atoms with E-state index in [0.29, 0.717) is 31.2 Å². The third-order valence-corrected chi connectivity index (χ3v) is 10.8. The second kappa shape index (κ2) is 10.7. The van der Waals surface area contributed by atoms with Gasteiger partial charge in [-0.1, -0.05) is 37.1 Å². The highest BCUT2D eigenvalue weighted by molar-refractivity contribution is 5.81. The standard InChI is InChI=1S/C32H45N3O4/c36-30(23-9-10-23)34-20-24-5-1-4-8-29(24)32(22-34)14-16-33(17-15-32)26-12-11-25-6-2-3-7-27(19-26)35(25)31(37)39-28-13-18-38-21-28/h1,4-5,8,23,25-28H,2-3,6-7,9-22H2/t25?,26?,27?,28-/m1/s1. The first-order valence-corrected chi connectivity index (χ1v) is 15.8. The fraction of sp³-hybridized carbons (Fsp3) is 0.750. The van der Waals surface area contributed by atoms with E-state index < -0.39 is 0 Å². The Morgan fingerprint density at radius 1 is 0.897 bits per heavy atom. The van der Waals surface area contributed by atoms with Crippen molar-refractivity contribution >= 4 is 12.0 Å². The summed E-state index contributed by atoms with van der Waals surface area (Å²) in [6, 6.07) is 10.00. The number of amides is 2. The zero-order valence-electron chi connectivity index (χ0n) is 23.4. The van der Waals surface area contributed by atoms with Gasteiger partial charge in [0.15, 0.2) is 0 Å². The molecule has 5 aliphatic heterocycles. The lowest BCUT2D eigenvalue weighted by Gasteiger charge is -2.50. The molecule has 4 atom stereocenters. The number of carbonyl (C=O) groups excluding carboxylic acids is 2. The molecule has 39 heavy (non-hydrogen) atoms. The normalized spacial score (nSPS) is 32.8. The number of rotatable bonds is 3. The van der Waals surface area contributed by atoms with Gasteiger partial charge in [0, 0.05) is 49.0 Å². The third kappa shape index (κ3) is 5.10. The van der Waals surface area contributed by atoms with E-state index in [1.807, 2.05) is 0 Å². The van der Waals surface area contributed by atoms with E-state index in [0.717, 1.165) is 90.4 Å². The van der Waals surface area contributed by atoms with Gasteiger partial charge >= 0.3 is 6.09 Å². The van der Waals surface area contributed by atoms with Crippen LogP contribution in [0.1, 0.15) is 88.2 Å². The van der Waals surface area contributed by atoms with Crippen LogP contribution in [0.5, 0.6) is 0 Å². The molecule has 7 nitrogen and oxygen atoms in total. The minimum atomic E-state index is -0.0973. The Morgan fingerprint density at radius 3 is 2.44 bits per heavy atom. The fourth-order valence-electron chi connectivity index (χ4n) is 8.48. The minimum absolute atomic E-state index is 0.0766. The van der Waals surface area contributed by atoms with Crippen molar-refractivity contribution in [3.63, 3.8) is 0 Å². The van der Waals surface area contributed by atoms with Crippen LogP contribution in [0, 0.1) is 5.92 Å². The topological polar surface area (TPSA) is 62.3 Å². The summed E-state index contributed by atoms with van der Waals surface area (Å²) in [6.45, 7) is 5.05. The Labute approximate surface area is 233 Å². The van der Waals surface area contributed by atoms with Gasteiger partial charge in [0.25, 0.3) is 0 Å². The summed E-state index contributed by atoms with van der Waals surface area (Å²) in [5.74, 6) is 0.659. The highest BCUT2D eigenvalue weighted by Gasteiger charge is 2.47. The van der Waals surface area contributed by atoms with Crippen LogP contribution in [0.2, 0.25) is 0 Å². The van der Waals surface area contributed by atoms with Crippen molar-refractivity contribution < 1.29 is 19.1 Å². The number of hydrogen-bond acceptors (Lipinski definition) is 5. The third-order valence-electron chi connectivity index (χ3n) is 10.8. The van der Waals surface area contributed by atoms with Gasteiger partial charge in [0.2, 0.25) is 5.91 Å². The molecule has 1 spiro atoms. The molecular formula is C32H45N3O4. The van der Waals surface area contributed by atoms with Crippen molar-refractivity contribution in [2.24, 2.45) is 5.92 Å².